The normalized spacial score (nSPS) is 16.4. The number of ether oxygens (including phenoxy) is 1. The second kappa shape index (κ2) is 5.68. The zero-order chi connectivity index (χ0) is 13.0. The minimum Gasteiger partial charge on any atom is -0.478 e. The lowest BCUT2D eigenvalue weighted by molar-refractivity contribution is -0.122. The largest absolute Gasteiger partial charge is 0.478 e. The summed E-state index contributed by atoms with van der Waals surface area (Å²) in [6.07, 6.45) is 4.70. The maximum atomic E-state index is 11.7. The number of amides is 1. The van der Waals surface area contributed by atoms with Gasteiger partial charge in [0.2, 0.25) is 5.91 Å². The van der Waals surface area contributed by atoms with Crippen molar-refractivity contribution in [2.75, 3.05) is 13.2 Å². The molecule has 18 heavy (non-hydrogen) atoms. The first kappa shape index (κ1) is 12.6. The maximum absolute atomic E-state index is 11.7. The van der Waals surface area contributed by atoms with Crippen LogP contribution in [0, 0.1) is 0 Å². The van der Waals surface area contributed by atoms with Crippen molar-refractivity contribution in [3.63, 3.8) is 0 Å². The summed E-state index contributed by atoms with van der Waals surface area (Å²) in [5.74, 6) is -1.09. The molecule has 0 bridgehead atoms. The minimum atomic E-state index is -0.987. The Morgan fingerprint density at radius 2 is 2.17 bits per heavy atom. The Morgan fingerprint density at radius 3 is 2.78 bits per heavy atom. The number of rotatable bonds is 4. The molecule has 0 radical (unpaired) electrons. The zero-order valence-electron chi connectivity index (χ0n) is 9.96. The summed E-state index contributed by atoms with van der Waals surface area (Å²) >= 11 is 0. The van der Waals surface area contributed by atoms with Crippen molar-refractivity contribution in [2.24, 2.45) is 0 Å². The fourth-order valence-corrected chi connectivity index (χ4v) is 1.95. The fraction of sp³-hybridized carbons (Fsp3) is 0.500. The third-order valence-corrected chi connectivity index (χ3v) is 2.91. The number of hydrogen-bond acceptors (Lipinski definition) is 3. The number of carboxylic acids is 1. The lowest BCUT2D eigenvalue weighted by Gasteiger charge is -2.23. The van der Waals surface area contributed by atoms with E-state index in [1.807, 2.05) is 0 Å². The van der Waals surface area contributed by atoms with Crippen LogP contribution in [0.4, 0.5) is 0 Å². The van der Waals surface area contributed by atoms with Crippen LogP contribution in [0.3, 0.4) is 0 Å². The van der Waals surface area contributed by atoms with Crippen LogP contribution < -0.4 is 5.32 Å². The first-order valence-electron chi connectivity index (χ1n) is 5.91. The van der Waals surface area contributed by atoms with E-state index in [1.54, 1.807) is 10.8 Å². The molecule has 6 nitrogen and oxygen atoms in total. The summed E-state index contributed by atoms with van der Waals surface area (Å²) in [4.78, 5) is 22.4. The number of aromatic carboxylic acids is 1. The molecule has 0 unspecified atom stereocenters. The molecule has 98 valence electrons. The van der Waals surface area contributed by atoms with Gasteiger partial charge in [-0.3, -0.25) is 4.79 Å². The molecule has 1 amide bonds. The van der Waals surface area contributed by atoms with Crippen LogP contribution in [-0.2, 0) is 16.1 Å². The molecule has 0 spiro atoms. The van der Waals surface area contributed by atoms with Crippen LogP contribution in [0.1, 0.15) is 23.2 Å². The van der Waals surface area contributed by atoms with Gasteiger partial charge < -0.3 is 19.7 Å². The summed E-state index contributed by atoms with van der Waals surface area (Å²) in [6.45, 7) is 1.50. The van der Waals surface area contributed by atoms with Crippen LogP contribution in [0.5, 0.6) is 0 Å². The second-order valence-corrected chi connectivity index (χ2v) is 4.33. The topological polar surface area (TPSA) is 80.6 Å². The van der Waals surface area contributed by atoms with E-state index in [2.05, 4.69) is 5.32 Å². The summed E-state index contributed by atoms with van der Waals surface area (Å²) < 4.78 is 6.78. The van der Waals surface area contributed by atoms with Gasteiger partial charge in [-0.25, -0.2) is 4.79 Å². The van der Waals surface area contributed by atoms with Crippen molar-refractivity contribution in [3.05, 3.63) is 24.0 Å². The van der Waals surface area contributed by atoms with Crippen LogP contribution in [0.15, 0.2) is 18.5 Å². The van der Waals surface area contributed by atoms with E-state index < -0.39 is 5.97 Å². The lowest BCUT2D eigenvalue weighted by atomic mass is 10.1. The number of hydrogen-bond donors (Lipinski definition) is 2. The Kier molecular flexibility index (Phi) is 3.99. The van der Waals surface area contributed by atoms with Gasteiger partial charge in [0.25, 0.3) is 0 Å². The highest BCUT2D eigenvalue weighted by Gasteiger charge is 2.16. The Balaban J connectivity index is 1.84. The highest BCUT2D eigenvalue weighted by Crippen LogP contribution is 2.06. The average Bonchev–Trinajstić information content (AvgIpc) is 2.78. The smallest absolute Gasteiger partial charge is 0.337 e. The van der Waals surface area contributed by atoms with Gasteiger partial charge in [-0.05, 0) is 18.9 Å². The molecule has 1 saturated heterocycles. The minimum absolute atomic E-state index is 0.102. The van der Waals surface area contributed by atoms with Gasteiger partial charge in [0.15, 0.2) is 0 Å². The predicted octanol–water partition coefficient (Wildman–Crippen LogP) is 0.482. The molecule has 2 rings (SSSR count). The van der Waals surface area contributed by atoms with E-state index >= 15 is 0 Å². The van der Waals surface area contributed by atoms with Gasteiger partial charge >= 0.3 is 5.97 Å². The van der Waals surface area contributed by atoms with Gasteiger partial charge in [-0.2, -0.15) is 0 Å². The van der Waals surface area contributed by atoms with Gasteiger partial charge in [-0.1, -0.05) is 0 Å². The maximum Gasteiger partial charge on any atom is 0.337 e. The number of nitrogens with zero attached hydrogens (tertiary/aromatic N) is 1. The summed E-state index contributed by atoms with van der Waals surface area (Å²) in [7, 11) is 0. The first-order chi connectivity index (χ1) is 8.65. The standard InChI is InChI=1S/C12H16N2O4/c15-11(13-10-2-5-18-6-3-10)8-14-4-1-9(7-14)12(16)17/h1,4,7,10H,2-3,5-6,8H2,(H,13,15)(H,16,17). The van der Waals surface area contributed by atoms with Crippen molar-refractivity contribution in [1.29, 1.82) is 0 Å². The molecule has 0 atom stereocenters. The van der Waals surface area contributed by atoms with Gasteiger partial charge in [-0.15, -0.1) is 0 Å². The molecular weight excluding hydrogens is 236 g/mol. The molecule has 1 aromatic heterocycles. The molecule has 6 heteroatoms. The molecule has 1 aliphatic heterocycles. The number of carbonyl (C=O) groups is 2. The molecule has 1 aromatic rings. The SMILES string of the molecule is O=C(Cn1ccc(C(=O)O)c1)NC1CCOCC1. The number of nitrogens with one attached hydrogen (secondary N) is 1. The van der Waals surface area contributed by atoms with E-state index in [0.717, 1.165) is 12.8 Å². The van der Waals surface area contributed by atoms with Crippen molar-refractivity contribution in [1.82, 2.24) is 9.88 Å². The van der Waals surface area contributed by atoms with Gasteiger partial charge in [0, 0.05) is 31.6 Å². The van der Waals surface area contributed by atoms with Crippen molar-refractivity contribution in [2.45, 2.75) is 25.4 Å². The highest BCUT2D eigenvalue weighted by molar-refractivity contribution is 5.87. The van der Waals surface area contributed by atoms with Crippen LogP contribution in [0.25, 0.3) is 0 Å². The van der Waals surface area contributed by atoms with E-state index in [0.29, 0.717) is 13.2 Å². The van der Waals surface area contributed by atoms with Crippen LogP contribution >= 0.6 is 0 Å². The summed E-state index contributed by atoms with van der Waals surface area (Å²) in [5.41, 5.74) is 0.189. The zero-order valence-corrected chi connectivity index (χ0v) is 9.96. The Hall–Kier alpha value is -1.82. The Morgan fingerprint density at radius 1 is 1.44 bits per heavy atom. The predicted molar refractivity (Wildman–Crippen MR) is 63.4 cm³/mol. The Labute approximate surface area is 105 Å². The van der Waals surface area contributed by atoms with E-state index in [9.17, 15) is 9.59 Å². The third kappa shape index (κ3) is 3.33. The van der Waals surface area contributed by atoms with Crippen LogP contribution in [-0.4, -0.2) is 40.8 Å². The monoisotopic (exact) mass is 252 g/mol. The van der Waals surface area contributed by atoms with E-state index in [1.165, 1.54) is 12.3 Å². The Bertz CT molecular complexity index is 435. The quantitative estimate of drug-likeness (QED) is 0.816. The number of aromatic nitrogens is 1. The third-order valence-electron chi connectivity index (χ3n) is 2.91. The van der Waals surface area contributed by atoms with Crippen molar-refractivity contribution in [3.8, 4) is 0 Å². The fourth-order valence-electron chi connectivity index (χ4n) is 1.95. The van der Waals surface area contributed by atoms with Gasteiger partial charge in [0.05, 0.1) is 5.56 Å². The lowest BCUT2D eigenvalue weighted by Crippen LogP contribution is -2.40. The van der Waals surface area contributed by atoms with Crippen LogP contribution in [0.2, 0.25) is 0 Å². The highest BCUT2D eigenvalue weighted by atomic mass is 16.5. The summed E-state index contributed by atoms with van der Waals surface area (Å²) in [6, 6.07) is 1.64. The van der Waals surface area contributed by atoms with E-state index in [4.69, 9.17) is 9.84 Å². The molecule has 0 aromatic carbocycles. The molecule has 2 heterocycles. The van der Waals surface area contributed by atoms with E-state index in [-0.39, 0.29) is 24.1 Å². The van der Waals surface area contributed by atoms with Crippen molar-refractivity contribution >= 4 is 11.9 Å². The number of carboxylic acid groups (broad SMARTS) is 1. The average molecular weight is 252 g/mol. The number of carbonyl (C=O) groups excluding carboxylic acids is 1. The van der Waals surface area contributed by atoms with Crippen molar-refractivity contribution < 1.29 is 19.4 Å². The molecular formula is C12H16N2O4. The molecule has 2 N–H and O–H groups in total. The molecule has 1 aliphatic rings. The molecule has 0 aliphatic carbocycles. The molecule has 1 fully saturated rings. The molecule has 0 saturated carbocycles. The second-order valence-electron chi connectivity index (χ2n) is 4.33. The first-order valence-corrected chi connectivity index (χ1v) is 5.91. The van der Waals surface area contributed by atoms with Gasteiger partial charge in [0.1, 0.15) is 6.54 Å². The summed E-state index contributed by atoms with van der Waals surface area (Å²) in [5, 5.41) is 11.7.